The van der Waals surface area contributed by atoms with E-state index in [0.717, 1.165) is 12.1 Å². The molecule has 15 heavy (non-hydrogen) atoms. The molecule has 0 atom stereocenters. The molecule has 1 aliphatic rings. The summed E-state index contributed by atoms with van der Waals surface area (Å²) in [5, 5.41) is 4.61. The highest BCUT2D eigenvalue weighted by atomic mass is 15.3. The van der Waals surface area contributed by atoms with Crippen LogP contribution in [0.15, 0.2) is 12.3 Å². The number of nitrogens with zero attached hydrogens (tertiary/aromatic N) is 2. The van der Waals surface area contributed by atoms with Gasteiger partial charge in [0.2, 0.25) is 0 Å². The SMILES string of the molecule is CC(C)(N)Cc1ccn(C2CCCC2)n1. The van der Waals surface area contributed by atoms with Crippen molar-refractivity contribution in [3.63, 3.8) is 0 Å². The van der Waals surface area contributed by atoms with Gasteiger partial charge in [0, 0.05) is 18.2 Å². The third-order valence-electron chi connectivity index (χ3n) is 3.00. The molecular formula is C12H21N3. The Balaban J connectivity index is 2.03. The second-order valence-corrected chi connectivity index (χ2v) is 5.39. The Kier molecular flexibility index (Phi) is 2.83. The highest BCUT2D eigenvalue weighted by molar-refractivity contribution is 5.04. The lowest BCUT2D eigenvalue weighted by Gasteiger charge is -2.16. The Morgan fingerprint density at radius 3 is 2.73 bits per heavy atom. The molecule has 1 saturated carbocycles. The normalized spacial score (nSPS) is 18.6. The average Bonchev–Trinajstić information content (AvgIpc) is 2.68. The third-order valence-corrected chi connectivity index (χ3v) is 3.00. The fraction of sp³-hybridized carbons (Fsp3) is 0.750. The Hall–Kier alpha value is -0.830. The van der Waals surface area contributed by atoms with Crippen LogP contribution in [0.1, 0.15) is 51.3 Å². The molecule has 1 heterocycles. The predicted molar refractivity (Wildman–Crippen MR) is 61.7 cm³/mol. The zero-order chi connectivity index (χ0) is 10.9. The van der Waals surface area contributed by atoms with Gasteiger partial charge in [0.15, 0.2) is 0 Å². The van der Waals surface area contributed by atoms with Gasteiger partial charge >= 0.3 is 0 Å². The minimum absolute atomic E-state index is 0.158. The van der Waals surface area contributed by atoms with Crippen molar-refractivity contribution in [3.05, 3.63) is 18.0 Å². The van der Waals surface area contributed by atoms with Crippen molar-refractivity contribution in [2.24, 2.45) is 5.73 Å². The van der Waals surface area contributed by atoms with Crippen LogP contribution < -0.4 is 5.73 Å². The van der Waals surface area contributed by atoms with Crippen molar-refractivity contribution in [3.8, 4) is 0 Å². The van der Waals surface area contributed by atoms with Crippen LogP contribution in [-0.4, -0.2) is 15.3 Å². The molecule has 2 rings (SSSR count). The molecule has 2 N–H and O–H groups in total. The summed E-state index contributed by atoms with van der Waals surface area (Å²) in [5.74, 6) is 0. The van der Waals surface area contributed by atoms with E-state index in [1.807, 2.05) is 13.8 Å². The summed E-state index contributed by atoms with van der Waals surface area (Å²) >= 11 is 0. The molecule has 0 unspecified atom stereocenters. The summed E-state index contributed by atoms with van der Waals surface area (Å²) in [6.07, 6.45) is 8.23. The molecule has 1 fully saturated rings. The Morgan fingerprint density at radius 2 is 2.13 bits per heavy atom. The van der Waals surface area contributed by atoms with E-state index < -0.39 is 0 Å². The van der Waals surface area contributed by atoms with Crippen LogP contribution >= 0.6 is 0 Å². The molecule has 0 spiro atoms. The lowest BCUT2D eigenvalue weighted by molar-refractivity contribution is 0.451. The van der Waals surface area contributed by atoms with Crippen molar-refractivity contribution < 1.29 is 0 Å². The van der Waals surface area contributed by atoms with Gasteiger partial charge in [-0.05, 0) is 32.8 Å². The topological polar surface area (TPSA) is 43.8 Å². The molecule has 0 saturated heterocycles. The zero-order valence-electron chi connectivity index (χ0n) is 9.74. The van der Waals surface area contributed by atoms with Gasteiger partial charge in [-0.25, -0.2) is 0 Å². The van der Waals surface area contributed by atoms with E-state index in [9.17, 15) is 0 Å². The first-order valence-electron chi connectivity index (χ1n) is 5.87. The van der Waals surface area contributed by atoms with Crippen molar-refractivity contribution >= 4 is 0 Å². The van der Waals surface area contributed by atoms with Crippen molar-refractivity contribution in [1.29, 1.82) is 0 Å². The molecule has 0 amide bonds. The average molecular weight is 207 g/mol. The molecule has 0 bridgehead atoms. The molecule has 84 valence electrons. The Bertz CT molecular complexity index is 316. The lowest BCUT2D eigenvalue weighted by Crippen LogP contribution is -2.34. The molecule has 1 aliphatic carbocycles. The number of hydrogen-bond donors (Lipinski definition) is 1. The highest BCUT2D eigenvalue weighted by Crippen LogP contribution is 2.28. The first kappa shape index (κ1) is 10.7. The summed E-state index contributed by atoms with van der Waals surface area (Å²) in [4.78, 5) is 0. The van der Waals surface area contributed by atoms with Crippen LogP contribution in [0.3, 0.4) is 0 Å². The van der Waals surface area contributed by atoms with Crippen molar-refractivity contribution in [2.75, 3.05) is 0 Å². The van der Waals surface area contributed by atoms with Gasteiger partial charge in [0.05, 0.1) is 11.7 Å². The fourth-order valence-corrected chi connectivity index (χ4v) is 2.31. The van der Waals surface area contributed by atoms with Gasteiger partial charge in [-0.2, -0.15) is 5.10 Å². The van der Waals surface area contributed by atoms with E-state index in [1.54, 1.807) is 0 Å². The van der Waals surface area contributed by atoms with E-state index in [0.29, 0.717) is 6.04 Å². The Labute approximate surface area is 91.7 Å². The molecule has 3 nitrogen and oxygen atoms in total. The summed E-state index contributed by atoms with van der Waals surface area (Å²) in [6.45, 7) is 4.09. The van der Waals surface area contributed by atoms with E-state index in [2.05, 4.69) is 22.0 Å². The van der Waals surface area contributed by atoms with E-state index in [1.165, 1.54) is 25.7 Å². The minimum atomic E-state index is -0.158. The van der Waals surface area contributed by atoms with Crippen LogP contribution in [-0.2, 0) is 6.42 Å². The van der Waals surface area contributed by atoms with Gasteiger partial charge in [-0.1, -0.05) is 12.8 Å². The maximum absolute atomic E-state index is 5.98. The largest absolute Gasteiger partial charge is 0.325 e. The molecule has 1 aromatic rings. The van der Waals surface area contributed by atoms with Gasteiger partial charge in [-0.3, -0.25) is 4.68 Å². The maximum Gasteiger partial charge on any atom is 0.0642 e. The summed E-state index contributed by atoms with van der Waals surface area (Å²) in [7, 11) is 0. The van der Waals surface area contributed by atoms with E-state index >= 15 is 0 Å². The molecule has 3 heteroatoms. The van der Waals surface area contributed by atoms with Gasteiger partial charge in [0.25, 0.3) is 0 Å². The fourth-order valence-electron chi connectivity index (χ4n) is 2.31. The third kappa shape index (κ3) is 2.81. The van der Waals surface area contributed by atoms with Crippen LogP contribution in [0, 0.1) is 0 Å². The standard InChI is InChI=1S/C12H21N3/c1-12(2,13)9-10-7-8-15(14-10)11-5-3-4-6-11/h7-8,11H,3-6,9,13H2,1-2H3. The highest BCUT2D eigenvalue weighted by Gasteiger charge is 2.19. The smallest absolute Gasteiger partial charge is 0.0642 e. The number of hydrogen-bond acceptors (Lipinski definition) is 2. The minimum Gasteiger partial charge on any atom is -0.325 e. The van der Waals surface area contributed by atoms with Gasteiger partial charge in [0.1, 0.15) is 0 Å². The molecular weight excluding hydrogens is 186 g/mol. The van der Waals surface area contributed by atoms with Crippen LogP contribution in [0.4, 0.5) is 0 Å². The van der Waals surface area contributed by atoms with E-state index in [-0.39, 0.29) is 5.54 Å². The second-order valence-electron chi connectivity index (χ2n) is 5.39. The monoisotopic (exact) mass is 207 g/mol. The van der Waals surface area contributed by atoms with E-state index in [4.69, 9.17) is 5.73 Å². The molecule has 1 aromatic heterocycles. The van der Waals surface area contributed by atoms with Crippen LogP contribution in [0.5, 0.6) is 0 Å². The number of aromatic nitrogens is 2. The van der Waals surface area contributed by atoms with Crippen LogP contribution in [0.2, 0.25) is 0 Å². The molecule has 0 aromatic carbocycles. The number of nitrogens with two attached hydrogens (primary N) is 1. The predicted octanol–water partition coefficient (Wildman–Crippen LogP) is 2.28. The van der Waals surface area contributed by atoms with Crippen molar-refractivity contribution in [2.45, 2.75) is 57.5 Å². The van der Waals surface area contributed by atoms with Gasteiger partial charge < -0.3 is 5.73 Å². The van der Waals surface area contributed by atoms with Crippen LogP contribution in [0.25, 0.3) is 0 Å². The van der Waals surface area contributed by atoms with Crippen molar-refractivity contribution in [1.82, 2.24) is 9.78 Å². The maximum atomic E-state index is 5.98. The quantitative estimate of drug-likeness (QED) is 0.826. The zero-order valence-corrected chi connectivity index (χ0v) is 9.74. The lowest BCUT2D eigenvalue weighted by atomic mass is 10.0. The first-order chi connectivity index (χ1) is 7.04. The number of rotatable bonds is 3. The Morgan fingerprint density at radius 1 is 1.47 bits per heavy atom. The first-order valence-corrected chi connectivity index (χ1v) is 5.87. The van der Waals surface area contributed by atoms with Gasteiger partial charge in [-0.15, -0.1) is 0 Å². The summed E-state index contributed by atoms with van der Waals surface area (Å²) in [6, 6.07) is 2.74. The summed E-state index contributed by atoms with van der Waals surface area (Å²) < 4.78 is 2.13. The molecule has 0 radical (unpaired) electrons. The summed E-state index contributed by atoms with van der Waals surface area (Å²) in [5.41, 5.74) is 6.94. The molecule has 0 aliphatic heterocycles. The second kappa shape index (κ2) is 3.97.